The number of carbonyl (C=O) groups excluding carboxylic acids is 5. The average molecular weight is 1090 g/mol. The first-order valence-electron chi connectivity index (χ1n) is 23.2. The van der Waals surface area contributed by atoms with Crippen LogP contribution in [-0.4, -0.2) is 150 Å². The predicted octanol–water partition coefficient (Wildman–Crippen LogP) is 2.67. The summed E-state index contributed by atoms with van der Waals surface area (Å²) < 4.78 is 121. The number of unbranched alkanes of at least 4 members (excludes halogenated alkanes) is 1. The average Bonchev–Trinajstić information content (AvgIpc) is 3.85. The number of Topliss-reactive ketones (excluding diaryl/α,β-unsaturated/α-hetero) is 1. The first-order valence-corrected chi connectivity index (χ1v) is 26.3. The highest BCUT2D eigenvalue weighted by Crippen LogP contribution is 2.31. The normalized spacial score (nSPS) is 14.6. The van der Waals surface area contributed by atoms with Gasteiger partial charge >= 0.3 is 18.1 Å². The van der Waals surface area contributed by atoms with Crippen molar-refractivity contribution in [2.75, 3.05) is 70.4 Å². The molecule has 4 rings (SSSR count). The summed E-state index contributed by atoms with van der Waals surface area (Å²) in [5.74, 6) is -7.41. The topological polar surface area (TPSA) is 344 Å². The van der Waals surface area contributed by atoms with Gasteiger partial charge in [0.15, 0.2) is 11.7 Å². The van der Waals surface area contributed by atoms with Gasteiger partial charge in [-0.15, -0.1) is 0 Å². The number of anilines is 1. The van der Waals surface area contributed by atoms with Gasteiger partial charge in [-0.25, -0.2) is 37.8 Å². The van der Waals surface area contributed by atoms with E-state index >= 15 is 0 Å². The lowest BCUT2D eigenvalue weighted by Gasteiger charge is -2.22. The summed E-state index contributed by atoms with van der Waals surface area (Å²) in [4.78, 5) is 82.1. The number of fused-ring (bicyclic) bond motifs is 1. The Morgan fingerprint density at radius 2 is 1.54 bits per heavy atom. The van der Waals surface area contributed by atoms with E-state index in [0.29, 0.717) is 89.8 Å². The van der Waals surface area contributed by atoms with Gasteiger partial charge in [0.25, 0.3) is 16.0 Å². The van der Waals surface area contributed by atoms with Crippen LogP contribution >= 0.6 is 0 Å². The number of nitrogens with zero attached hydrogens (tertiary/aromatic N) is 2. The van der Waals surface area contributed by atoms with E-state index in [0.717, 1.165) is 0 Å². The highest BCUT2D eigenvalue weighted by molar-refractivity contribution is 7.89. The van der Waals surface area contributed by atoms with Gasteiger partial charge < -0.3 is 45.6 Å². The second kappa shape index (κ2) is 29.1. The van der Waals surface area contributed by atoms with Crippen LogP contribution in [0.5, 0.6) is 5.75 Å². The van der Waals surface area contributed by atoms with E-state index in [1.54, 1.807) is 24.5 Å². The quantitative estimate of drug-likeness (QED) is 0.0204. The van der Waals surface area contributed by atoms with Gasteiger partial charge in [-0.3, -0.25) is 18.9 Å². The van der Waals surface area contributed by atoms with E-state index in [1.807, 2.05) is 4.72 Å². The number of hydrogen-bond acceptors (Lipinski definition) is 19. The summed E-state index contributed by atoms with van der Waals surface area (Å²) in [6.45, 7) is 6.15. The molecule has 2 heterocycles. The van der Waals surface area contributed by atoms with E-state index < -0.39 is 80.2 Å². The van der Waals surface area contributed by atoms with E-state index in [9.17, 15) is 54.0 Å². The summed E-state index contributed by atoms with van der Waals surface area (Å²) in [5.41, 5.74) is 6.53. The number of H-pyrrole nitrogens is 1. The van der Waals surface area contributed by atoms with Crippen molar-refractivity contribution in [3.05, 3.63) is 65.0 Å². The van der Waals surface area contributed by atoms with Crippen LogP contribution in [0.3, 0.4) is 0 Å². The van der Waals surface area contributed by atoms with Gasteiger partial charge in [-0.2, -0.15) is 26.3 Å². The van der Waals surface area contributed by atoms with Crippen molar-refractivity contribution in [3.8, 4) is 5.75 Å². The first-order chi connectivity index (χ1) is 34.9. The van der Waals surface area contributed by atoms with Crippen molar-refractivity contribution in [1.29, 1.82) is 0 Å². The Morgan fingerprint density at radius 1 is 0.878 bits per heavy atom. The number of halogens is 3. The zero-order chi connectivity index (χ0) is 54.5. The van der Waals surface area contributed by atoms with Gasteiger partial charge in [0.2, 0.25) is 15.9 Å². The molecule has 0 saturated heterocycles. The van der Waals surface area contributed by atoms with Crippen LogP contribution in [0, 0.1) is 19.8 Å². The summed E-state index contributed by atoms with van der Waals surface area (Å²) >= 11 is 0. The lowest BCUT2D eigenvalue weighted by Crippen LogP contribution is -2.51. The minimum atomic E-state index is -5.59. The van der Waals surface area contributed by atoms with Crippen LogP contribution in [0.4, 0.5) is 24.8 Å². The number of amides is 2. The van der Waals surface area contributed by atoms with Gasteiger partial charge in [0, 0.05) is 63.3 Å². The summed E-state index contributed by atoms with van der Waals surface area (Å²) in [7, 11) is -8.87. The Labute approximate surface area is 425 Å². The van der Waals surface area contributed by atoms with Crippen molar-refractivity contribution in [2.45, 2.75) is 89.0 Å². The van der Waals surface area contributed by atoms with E-state index in [-0.39, 0.29) is 64.2 Å². The highest BCUT2D eigenvalue weighted by Gasteiger charge is 2.44. The molecular formula is C45H61F3N8O16S2. The molecule has 8 N–H and O–H groups in total. The molecule has 1 aromatic heterocycles. The molecule has 24 nitrogen and oxygen atoms in total. The third kappa shape index (κ3) is 20.7. The maximum absolute atomic E-state index is 13.8. The summed E-state index contributed by atoms with van der Waals surface area (Å²) in [6.07, 6.45) is 0.301. The highest BCUT2D eigenvalue weighted by atomic mass is 32.2. The maximum atomic E-state index is 13.8. The van der Waals surface area contributed by atoms with Crippen LogP contribution < -0.4 is 31.1 Å². The fraction of sp³-hybridized carbons (Fsp3) is 0.533. The monoisotopic (exact) mass is 1090 g/mol. The van der Waals surface area contributed by atoms with Crippen LogP contribution in [0.15, 0.2) is 52.6 Å². The van der Waals surface area contributed by atoms with E-state index in [2.05, 4.69) is 40.7 Å². The van der Waals surface area contributed by atoms with Crippen molar-refractivity contribution >= 4 is 67.0 Å². The molecule has 0 aliphatic carbocycles. The zero-order valence-electron chi connectivity index (χ0n) is 40.8. The fourth-order valence-corrected chi connectivity index (χ4v) is 9.44. The number of ether oxygens (including phenoxy) is 4. The molecule has 1 aliphatic heterocycles. The number of hydrogen-bond donors (Lipinski definition) is 7. The molecule has 0 spiro atoms. The fourth-order valence-electron chi connectivity index (χ4n) is 7.09. The van der Waals surface area contributed by atoms with Crippen molar-refractivity contribution in [3.63, 3.8) is 0 Å². The second-order valence-electron chi connectivity index (χ2n) is 16.8. The second-order valence-corrected chi connectivity index (χ2v) is 19.9. The molecule has 410 valence electrons. The minimum Gasteiger partial charge on any atom is -0.494 e. The standard InChI is InChI=1S/C45H61F3N8O16S2/c1-28-22-33(70-17-6-9-37(57)50-12-7-16-68-19-21-69-20-18-67-15-5-4-8-32(49)27-73(62,63)64)23-29(2)40(28)74(65,66)56-36(42(60)71-72-43(61)45(46,47)48)26-53-41(59)38-30(3)39(58)34-11-10-31(24-35(34)55-38)25-54-44-51-13-14-52-44/h10-11,13-14,22-24,30,32,36,56H,4-9,12,15-21,25-27,49H2,1-3H3,(H,50,57)(H,53,59)(H2,51,52,54)(H,62,63,64). The largest absolute Gasteiger partial charge is 0.495 e. The number of aliphatic imine (C=N–C) groups is 1. The number of aromatic nitrogens is 2. The zero-order valence-corrected chi connectivity index (χ0v) is 42.4. The molecule has 3 unspecified atom stereocenters. The van der Waals surface area contributed by atoms with E-state index in [1.165, 1.54) is 39.0 Å². The summed E-state index contributed by atoms with van der Waals surface area (Å²) in [6, 6.07) is 4.67. The number of nitrogens with one attached hydrogen (secondary N) is 5. The molecule has 2 amide bonds. The third-order valence-electron chi connectivity index (χ3n) is 10.6. The molecule has 0 radical (unpaired) electrons. The molecule has 1 aliphatic rings. The number of rotatable bonds is 32. The lowest BCUT2D eigenvalue weighted by molar-refractivity contribution is -0.286. The lowest BCUT2D eigenvalue weighted by atomic mass is 9.89. The molecule has 74 heavy (non-hydrogen) atoms. The van der Waals surface area contributed by atoms with Crippen molar-refractivity contribution in [1.82, 2.24) is 25.3 Å². The molecular weight excluding hydrogens is 1030 g/mol. The molecule has 0 saturated carbocycles. The predicted molar refractivity (Wildman–Crippen MR) is 257 cm³/mol. The van der Waals surface area contributed by atoms with Gasteiger partial charge in [0.05, 0.1) is 55.3 Å². The van der Waals surface area contributed by atoms with Gasteiger partial charge in [0.1, 0.15) is 17.5 Å². The van der Waals surface area contributed by atoms with Crippen molar-refractivity contribution in [2.24, 2.45) is 16.6 Å². The Hall–Kier alpha value is -6.08. The number of alkyl halides is 3. The number of nitrogens with two attached hydrogens (primary N) is 1. The number of aromatic amines is 1. The Morgan fingerprint density at radius 3 is 2.18 bits per heavy atom. The van der Waals surface area contributed by atoms with Crippen LogP contribution in [-0.2, 0) is 69.9 Å². The SMILES string of the molecule is Cc1cc(OCCCC(=O)NCCCOCCOCCOCCCCC(N)CS(=O)(=O)O)cc(C)c1S(=O)(=O)NC(CNC(=O)C1=Nc2cc(CNc3ncc[nH]3)ccc2C(=O)C1C)C(=O)OOC(=O)C(F)(F)F. The molecule has 29 heteroatoms. The molecule has 0 bridgehead atoms. The number of benzene rings is 2. The Kier molecular flexibility index (Phi) is 23.8. The smallest absolute Gasteiger partial charge is 0.494 e. The van der Waals surface area contributed by atoms with Gasteiger partial charge in [-0.05, 0) is 93.8 Å². The minimum absolute atomic E-state index is 0.0642. The maximum Gasteiger partial charge on any atom is 0.495 e. The van der Waals surface area contributed by atoms with Gasteiger partial charge in [-0.1, -0.05) is 6.07 Å². The third-order valence-corrected chi connectivity index (χ3v) is 13.3. The van der Waals surface area contributed by atoms with E-state index in [4.69, 9.17) is 29.2 Å². The van der Waals surface area contributed by atoms with Crippen LogP contribution in [0.2, 0.25) is 0 Å². The van der Waals surface area contributed by atoms with Crippen LogP contribution in [0.1, 0.15) is 72.5 Å². The van der Waals surface area contributed by atoms with Crippen molar-refractivity contribution < 1.29 is 87.3 Å². The molecule has 2 aromatic carbocycles. The number of aryl methyl sites for hydroxylation is 2. The molecule has 0 fully saturated rings. The summed E-state index contributed by atoms with van der Waals surface area (Å²) in [5, 5.41) is 8.08. The first kappa shape index (κ1) is 60.5. The number of imidazole rings is 1. The number of sulfonamides is 1. The van der Waals surface area contributed by atoms with Crippen LogP contribution in [0.25, 0.3) is 0 Å². The Balaban J connectivity index is 1.22. The molecule has 3 aromatic rings. The number of ketones is 1. The number of carbonyl (C=O) groups is 5. The molecule has 3 atom stereocenters. The Bertz CT molecular complexity index is 2620.